The zero-order valence-electron chi connectivity index (χ0n) is 19.2. The van der Waals surface area contributed by atoms with Crippen LogP contribution in [0.3, 0.4) is 0 Å². The first-order chi connectivity index (χ1) is 17.4. The molecule has 5 rings (SSSR count). The van der Waals surface area contributed by atoms with Crippen molar-refractivity contribution in [2.24, 2.45) is 0 Å². The largest absolute Gasteiger partial charge is 0.480 e. The highest BCUT2D eigenvalue weighted by Crippen LogP contribution is 2.32. The highest BCUT2D eigenvalue weighted by Gasteiger charge is 2.40. The Morgan fingerprint density at radius 2 is 1.50 bits per heavy atom. The first-order valence-electron chi connectivity index (χ1n) is 11.5. The van der Waals surface area contributed by atoms with Crippen molar-refractivity contribution < 1.29 is 23.5 Å². The van der Waals surface area contributed by atoms with Gasteiger partial charge in [0.15, 0.2) is 0 Å². The summed E-state index contributed by atoms with van der Waals surface area (Å²) in [6.45, 7) is 0.559. The van der Waals surface area contributed by atoms with Crippen LogP contribution < -0.4 is 0 Å². The summed E-state index contributed by atoms with van der Waals surface area (Å²) in [6.07, 6.45) is 1.77. The van der Waals surface area contributed by atoms with Gasteiger partial charge in [-0.3, -0.25) is 4.79 Å². The van der Waals surface area contributed by atoms with Gasteiger partial charge in [-0.1, -0.05) is 54.6 Å². The van der Waals surface area contributed by atoms with Crippen molar-refractivity contribution in [1.29, 1.82) is 0 Å². The van der Waals surface area contributed by atoms with Crippen LogP contribution in [0, 0.1) is 11.6 Å². The second-order valence-electron chi connectivity index (χ2n) is 8.81. The van der Waals surface area contributed by atoms with Crippen LogP contribution in [0.5, 0.6) is 0 Å². The van der Waals surface area contributed by atoms with Gasteiger partial charge in [-0.05, 0) is 41.0 Å². The Morgan fingerprint density at radius 3 is 2.06 bits per heavy atom. The number of hydrogen-bond donors (Lipinski definition) is 1. The Morgan fingerprint density at radius 1 is 0.917 bits per heavy atom. The molecule has 0 radical (unpaired) electrons. The SMILES string of the molecule is O=C(O)[C@@H]1Cc2c(ncn2Cc2ccccc2)CN1C(=O)C(c1ccc(F)cc1)c1ccc(F)cc1. The number of aliphatic carboxylic acids is 1. The molecule has 3 aromatic carbocycles. The van der Waals surface area contributed by atoms with E-state index in [1.165, 1.54) is 53.4 Å². The summed E-state index contributed by atoms with van der Waals surface area (Å²) in [5, 5.41) is 10.1. The minimum absolute atomic E-state index is 0.0197. The number of carboxylic acids is 1. The maximum absolute atomic E-state index is 13.9. The van der Waals surface area contributed by atoms with E-state index in [9.17, 15) is 23.5 Å². The van der Waals surface area contributed by atoms with Crippen LogP contribution in [-0.4, -0.2) is 37.5 Å². The number of carbonyl (C=O) groups is 2. The Labute approximate surface area is 206 Å². The number of rotatable bonds is 6. The summed E-state index contributed by atoms with van der Waals surface area (Å²) >= 11 is 0. The van der Waals surface area contributed by atoms with Gasteiger partial charge in [0.2, 0.25) is 5.91 Å². The van der Waals surface area contributed by atoms with Crippen LogP contribution in [0.25, 0.3) is 0 Å². The maximum atomic E-state index is 13.9. The molecule has 0 spiro atoms. The Balaban J connectivity index is 1.50. The number of carboxylic acid groups (broad SMARTS) is 1. The topological polar surface area (TPSA) is 75.4 Å². The number of hydrogen-bond acceptors (Lipinski definition) is 3. The van der Waals surface area contributed by atoms with E-state index in [0.29, 0.717) is 23.4 Å². The Hall–Kier alpha value is -4.33. The number of aromatic nitrogens is 2. The lowest BCUT2D eigenvalue weighted by Gasteiger charge is -2.35. The van der Waals surface area contributed by atoms with Crippen molar-refractivity contribution in [2.45, 2.75) is 31.5 Å². The first kappa shape index (κ1) is 23.4. The van der Waals surface area contributed by atoms with E-state index in [1.54, 1.807) is 6.33 Å². The highest BCUT2D eigenvalue weighted by atomic mass is 19.1. The first-order valence-corrected chi connectivity index (χ1v) is 11.5. The van der Waals surface area contributed by atoms with Crippen LogP contribution in [0.4, 0.5) is 8.78 Å². The van der Waals surface area contributed by atoms with E-state index >= 15 is 0 Å². The zero-order valence-corrected chi connectivity index (χ0v) is 19.2. The van der Waals surface area contributed by atoms with Crippen LogP contribution in [0.15, 0.2) is 85.2 Å². The molecule has 0 unspecified atom stereocenters. The molecular formula is C28H23F2N3O3. The molecule has 0 aliphatic carbocycles. The van der Waals surface area contributed by atoms with E-state index in [1.807, 2.05) is 34.9 Å². The summed E-state index contributed by atoms with van der Waals surface area (Å²) in [5.74, 6) is -3.44. The lowest BCUT2D eigenvalue weighted by atomic mass is 9.88. The molecular weight excluding hydrogens is 464 g/mol. The minimum atomic E-state index is -1.13. The average molecular weight is 488 g/mol. The smallest absolute Gasteiger partial charge is 0.326 e. The van der Waals surface area contributed by atoms with Gasteiger partial charge < -0.3 is 14.6 Å². The van der Waals surface area contributed by atoms with Crippen molar-refractivity contribution in [3.05, 3.63) is 125 Å². The van der Waals surface area contributed by atoms with Crippen LogP contribution in [0.2, 0.25) is 0 Å². The average Bonchev–Trinajstić information content (AvgIpc) is 3.27. The number of carbonyl (C=O) groups excluding carboxylic acids is 1. The summed E-state index contributed by atoms with van der Waals surface area (Å²) < 4.78 is 29.2. The normalized spacial score (nSPS) is 15.1. The molecule has 0 bridgehead atoms. The van der Waals surface area contributed by atoms with Gasteiger partial charge in [0.1, 0.15) is 17.7 Å². The molecule has 4 aromatic rings. The van der Waals surface area contributed by atoms with Gasteiger partial charge in [0.25, 0.3) is 0 Å². The van der Waals surface area contributed by atoms with E-state index in [0.717, 1.165) is 11.3 Å². The van der Waals surface area contributed by atoms with E-state index in [-0.39, 0.29) is 13.0 Å². The number of benzene rings is 3. The summed E-state index contributed by atoms with van der Waals surface area (Å²) in [4.78, 5) is 32.1. The number of fused-ring (bicyclic) bond motifs is 1. The number of nitrogens with zero attached hydrogens (tertiary/aromatic N) is 3. The van der Waals surface area contributed by atoms with Crippen molar-refractivity contribution >= 4 is 11.9 Å². The predicted octanol–water partition coefficient (Wildman–Crippen LogP) is 4.38. The quantitative estimate of drug-likeness (QED) is 0.438. The molecule has 1 amide bonds. The lowest BCUT2D eigenvalue weighted by molar-refractivity contribution is -0.151. The van der Waals surface area contributed by atoms with Gasteiger partial charge in [0, 0.05) is 18.7 Å². The van der Waals surface area contributed by atoms with Crippen molar-refractivity contribution in [3.63, 3.8) is 0 Å². The Kier molecular flexibility index (Phi) is 6.33. The molecule has 1 atom stereocenters. The molecule has 182 valence electrons. The van der Waals surface area contributed by atoms with Crippen molar-refractivity contribution in [3.8, 4) is 0 Å². The van der Waals surface area contributed by atoms with Gasteiger partial charge in [-0.25, -0.2) is 18.6 Å². The third-order valence-electron chi connectivity index (χ3n) is 6.53. The number of imidazole rings is 1. The second-order valence-corrected chi connectivity index (χ2v) is 8.81. The summed E-state index contributed by atoms with van der Waals surface area (Å²) in [7, 11) is 0. The molecule has 0 saturated heterocycles. The summed E-state index contributed by atoms with van der Waals surface area (Å²) in [5.41, 5.74) is 3.43. The number of amides is 1. The number of halogens is 2. The molecule has 1 aliphatic rings. The van der Waals surface area contributed by atoms with E-state index < -0.39 is 35.5 Å². The molecule has 6 nitrogen and oxygen atoms in total. The third-order valence-corrected chi connectivity index (χ3v) is 6.53. The van der Waals surface area contributed by atoms with Crippen molar-refractivity contribution in [1.82, 2.24) is 14.5 Å². The molecule has 1 N–H and O–H groups in total. The fraction of sp³-hybridized carbons (Fsp3) is 0.179. The van der Waals surface area contributed by atoms with Gasteiger partial charge in [-0.15, -0.1) is 0 Å². The van der Waals surface area contributed by atoms with Crippen LogP contribution in [0.1, 0.15) is 34.0 Å². The van der Waals surface area contributed by atoms with Gasteiger partial charge in [-0.2, -0.15) is 0 Å². The van der Waals surface area contributed by atoms with Crippen LogP contribution in [-0.2, 0) is 29.1 Å². The summed E-state index contributed by atoms with van der Waals surface area (Å²) in [6, 6.07) is 19.6. The molecule has 36 heavy (non-hydrogen) atoms. The van der Waals surface area contributed by atoms with Gasteiger partial charge >= 0.3 is 5.97 Å². The minimum Gasteiger partial charge on any atom is -0.480 e. The molecule has 0 fully saturated rings. The lowest BCUT2D eigenvalue weighted by Crippen LogP contribution is -2.50. The molecule has 1 aromatic heterocycles. The maximum Gasteiger partial charge on any atom is 0.326 e. The fourth-order valence-corrected chi connectivity index (χ4v) is 4.70. The molecule has 1 aliphatic heterocycles. The second kappa shape index (κ2) is 9.73. The van der Waals surface area contributed by atoms with E-state index in [2.05, 4.69) is 4.98 Å². The van der Waals surface area contributed by atoms with E-state index in [4.69, 9.17) is 0 Å². The third kappa shape index (κ3) is 4.62. The zero-order chi connectivity index (χ0) is 25.2. The molecule has 0 saturated carbocycles. The molecule has 2 heterocycles. The van der Waals surface area contributed by atoms with Gasteiger partial charge in [0.05, 0.1) is 24.5 Å². The predicted molar refractivity (Wildman–Crippen MR) is 128 cm³/mol. The Bertz CT molecular complexity index is 1340. The van der Waals surface area contributed by atoms with Crippen molar-refractivity contribution in [2.75, 3.05) is 0 Å². The molecule has 8 heteroatoms. The fourth-order valence-electron chi connectivity index (χ4n) is 4.70. The highest BCUT2D eigenvalue weighted by molar-refractivity contribution is 5.91. The van der Waals surface area contributed by atoms with Crippen LogP contribution >= 0.6 is 0 Å². The standard InChI is InChI=1S/C28H23F2N3O3/c29-21-10-6-19(7-11-21)26(20-8-12-22(30)13-9-20)27(34)33-16-23-24(14-25(33)28(35)36)32(17-31-23)15-18-4-2-1-3-5-18/h1-13,17,25-26H,14-16H2,(H,35,36)/t25-/m0/s1. The monoisotopic (exact) mass is 487 g/mol.